The first-order chi connectivity index (χ1) is 14.1. The normalized spacial score (nSPS) is 17.7. The highest BCUT2D eigenvalue weighted by Crippen LogP contribution is 2.46. The summed E-state index contributed by atoms with van der Waals surface area (Å²) in [5.74, 6) is -2.41. The van der Waals surface area contributed by atoms with Gasteiger partial charge in [0.15, 0.2) is 15.3 Å². The van der Waals surface area contributed by atoms with E-state index in [0.29, 0.717) is 16.1 Å². The zero-order valence-electron chi connectivity index (χ0n) is 17.0. The maximum absolute atomic E-state index is 13.1. The molecule has 0 spiro atoms. The second kappa shape index (κ2) is 8.40. The van der Waals surface area contributed by atoms with Gasteiger partial charge >= 0.3 is 11.9 Å². The van der Waals surface area contributed by atoms with E-state index in [9.17, 15) is 18.0 Å². The fraction of sp³-hybridized carbons (Fsp3) is 0.364. The van der Waals surface area contributed by atoms with Crippen molar-refractivity contribution in [2.45, 2.75) is 30.6 Å². The molecule has 0 fully saturated rings. The van der Waals surface area contributed by atoms with Gasteiger partial charge in [0.1, 0.15) is 0 Å². The zero-order chi connectivity index (χ0) is 22.1. The molecule has 0 N–H and O–H groups in total. The molecule has 2 aromatic rings. The summed E-state index contributed by atoms with van der Waals surface area (Å²) in [5, 5.41) is 0.454. The van der Waals surface area contributed by atoms with E-state index in [1.165, 1.54) is 14.2 Å². The molecule has 0 bridgehead atoms. The maximum atomic E-state index is 13.1. The average Bonchev–Trinajstić information content (AvgIpc) is 2.72. The van der Waals surface area contributed by atoms with Crippen LogP contribution < -0.4 is 0 Å². The molecular formula is C22H23ClO6S. The van der Waals surface area contributed by atoms with Crippen molar-refractivity contribution in [3.05, 3.63) is 64.2 Å². The second-order valence-corrected chi connectivity index (χ2v) is 10.1. The van der Waals surface area contributed by atoms with Gasteiger partial charge in [0.2, 0.25) is 0 Å². The van der Waals surface area contributed by atoms with E-state index in [4.69, 9.17) is 21.1 Å². The van der Waals surface area contributed by atoms with Gasteiger partial charge < -0.3 is 9.47 Å². The van der Waals surface area contributed by atoms with Gasteiger partial charge in [0.25, 0.3) is 0 Å². The van der Waals surface area contributed by atoms with Crippen LogP contribution in [0.5, 0.6) is 0 Å². The van der Waals surface area contributed by atoms with Crippen LogP contribution in [0.2, 0.25) is 5.02 Å². The van der Waals surface area contributed by atoms with E-state index >= 15 is 0 Å². The smallest absolute Gasteiger partial charge is 0.323 e. The Morgan fingerprint density at radius 2 is 1.67 bits per heavy atom. The molecule has 0 amide bonds. The van der Waals surface area contributed by atoms with Crippen molar-refractivity contribution in [1.82, 2.24) is 0 Å². The number of esters is 2. The number of rotatable bonds is 5. The molecule has 160 valence electrons. The maximum Gasteiger partial charge on any atom is 0.323 e. The van der Waals surface area contributed by atoms with Crippen LogP contribution in [0.15, 0.2) is 47.4 Å². The molecule has 0 saturated carbocycles. The van der Waals surface area contributed by atoms with E-state index < -0.39 is 33.1 Å². The third-order valence-corrected chi connectivity index (χ3v) is 7.65. The van der Waals surface area contributed by atoms with Gasteiger partial charge in [-0.15, -0.1) is 0 Å². The number of hydrogen-bond acceptors (Lipinski definition) is 6. The molecule has 2 aromatic carbocycles. The topological polar surface area (TPSA) is 86.7 Å². The Labute approximate surface area is 181 Å². The number of halogens is 1. The first-order valence-corrected chi connectivity index (χ1v) is 11.4. The van der Waals surface area contributed by atoms with Crippen molar-refractivity contribution in [3.63, 3.8) is 0 Å². The van der Waals surface area contributed by atoms with Crippen molar-refractivity contribution in [2.24, 2.45) is 5.41 Å². The zero-order valence-corrected chi connectivity index (χ0v) is 18.5. The molecule has 30 heavy (non-hydrogen) atoms. The van der Waals surface area contributed by atoms with Gasteiger partial charge in [-0.05, 0) is 55.2 Å². The van der Waals surface area contributed by atoms with Crippen LogP contribution in [0.4, 0.5) is 0 Å². The summed E-state index contributed by atoms with van der Waals surface area (Å²) >= 11 is 6.17. The predicted molar refractivity (Wildman–Crippen MR) is 112 cm³/mol. The lowest BCUT2D eigenvalue weighted by molar-refractivity contribution is -0.170. The average molecular weight is 451 g/mol. The molecule has 1 atom stereocenters. The first kappa shape index (κ1) is 22.3. The number of hydrogen-bond donors (Lipinski definition) is 0. The van der Waals surface area contributed by atoms with Crippen molar-refractivity contribution in [3.8, 4) is 0 Å². The molecule has 0 aliphatic heterocycles. The molecule has 0 saturated heterocycles. The minimum Gasteiger partial charge on any atom is -0.468 e. The highest BCUT2D eigenvalue weighted by atomic mass is 35.5. The Bertz CT molecular complexity index is 1060. The lowest BCUT2D eigenvalue weighted by atomic mass is 9.67. The van der Waals surface area contributed by atoms with Gasteiger partial charge in [-0.2, -0.15) is 0 Å². The fourth-order valence-corrected chi connectivity index (χ4v) is 5.83. The summed E-state index contributed by atoms with van der Waals surface area (Å²) in [6, 6.07) is 11.6. The number of benzene rings is 2. The number of sulfone groups is 1. The predicted octanol–water partition coefficient (Wildman–Crippen LogP) is 3.48. The summed E-state index contributed by atoms with van der Waals surface area (Å²) in [5.41, 5.74) is 0.712. The molecule has 3 rings (SSSR count). The van der Waals surface area contributed by atoms with Gasteiger partial charge in [0.05, 0.1) is 24.9 Å². The summed E-state index contributed by atoms with van der Waals surface area (Å²) in [7, 11) is -1.30. The van der Waals surface area contributed by atoms with E-state index in [1.54, 1.807) is 42.5 Å². The standard InChI is InChI=1S/C22H23ClO6S/c1-14-4-8-18(9-5-14)30(26,27)13-16-12-22(20(24)28-2,21(25)29-3)11-15-6-7-17(23)10-19(15)16/h4-10,16H,11-13H2,1-3H3. The van der Waals surface area contributed by atoms with Crippen LogP contribution in [-0.4, -0.2) is 40.3 Å². The number of methoxy groups -OCH3 is 2. The van der Waals surface area contributed by atoms with Crippen LogP contribution in [0, 0.1) is 12.3 Å². The van der Waals surface area contributed by atoms with Crippen LogP contribution in [-0.2, 0) is 35.3 Å². The van der Waals surface area contributed by atoms with E-state index in [-0.39, 0.29) is 23.5 Å². The van der Waals surface area contributed by atoms with Gasteiger partial charge in [-0.1, -0.05) is 35.4 Å². The number of carbonyl (C=O) groups excluding carboxylic acids is 2. The van der Waals surface area contributed by atoms with E-state index in [0.717, 1.165) is 5.56 Å². The number of carbonyl (C=O) groups is 2. The number of fused-ring (bicyclic) bond motifs is 1. The summed E-state index contributed by atoms with van der Waals surface area (Å²) < 4.78 is 36.1. The minimum absolute atomic E-state index is 0.0508. The van der Waals surface area contributed by atoms with Crippen molar-refractivity contribution in [2.75, 3.05) is 20.0 Å². The van der Waals surface area contributed by atoms with Crippen LogP contribution >= 0.6 is 11.6 Å². The molecule has 8 heteroatoms. The molecule has 0 radical (unpaired) electrons. The molecule has 6 nitrogen and oxygen atoms in total. The van der Waals surface area contributed by atoms with Gasteiger partial charge in [-0.25, -0.2) is 8.42 Å². The lowest BCUT2D eigenvalue weighted by Gasteiger charge is -2.37. The van der Waals surface area contributed by atoms with E-state index in [2.05, 4.69) is 0 Å². The SMILES string of the molecule is COC(=O)C1(C(=O)OC)Cc2ccc(Cl)cc2C(CS(=O)(=O)c2ccc(C)cc2)C1. The Morgan fingerprint density at radius 1 is 1.07 bits per heavy atom. The van der Waals surface area contributed by atoms with Gasteiger partial charge in [0, 0.05) is 10.9 Å². The van der Waals surface area contributed by atoms with Crippen LogP contribution in [0.1, 0.15) is 29.0 Å². The Kier molecular flexibility index (Phi) is 6.24. The van der Waals surface area contributed by atoms with Crippen molar-refractivity contribution >= 4 is 33.4 Å². The lowest BCUT2D eigenvalue weighted by Crippen LogP contribution is -2.47. The molecule has 1 aliphatic carbocycles. The van der Waals surface area contributed by atoms with Crippen LogP contribution in [0.3, 0.4) is 0 Å². The highest BCUT2D eigenvalue weighted by Gasteiger charge is 2.53. The Hall–Kier alpha value is -2.38. The third-order valence-electron chi connectivity index (χ3n) is 5.59. The third kappa shape index (κ3) is 4.09. The van der Waals surface area contributed by atoms with Gasteiger partial charge in [-0.3, -0.25) is 9.59 Å². The molecular weight excluding hydrogens is 428 g/mol. The minimum atomic E-state index is -3.69. The quantitative estimate of drug-likeness (QED) is 0.512. The molecule has 0 heterocycles. The molecule has 1 aliphatic rings. The Morgan fingerprint density at radius 3 is 2.23 bits per heavy atom. The summed E-state index contributed by atoms with van der Waals surface area (Å²) in [6.07, 6.45) is 0.00467. The monoisotopic (exact) mass is 450 g/mol. The fourth-order valence-electron chi connectivity index (χ4n) is 4.08. The Balaban J connectivity index is 2.09. The molecule has 0 aromatic heterocycles. The van der Waals surface area contributed by atoms with Crippen molar-refractivity contribution in [1.29, 1.82) is 0 Å². The summed E-state index contributed by atoms with van der Waals surface area (Å²) in [6.45, 7) is 1.87. The highest BCUT2D eigenvalue weighted by molar-refractivity contribution is 7.91. The number of ether oxygens (including phenoxy) is 2. The summed E-state index contributed by atoms with van der Waals surface area (Å²) in [4.78, 5) is 25.6. The first-order valence-electron chi connectivity index (χ1n) is 9.37. The molecule has 1 unspecified atom stereocenters. The second-order valence-electron chi connectivity index (χ2n) is 7.58. The van der Waals surface area contributed by atoms with Crippen molar-refractivity contribution < 1.29 is 27.5 Å². The van der Waals surface area contributed by atoms with E-state index in [1.807, 2.05) is 6.92 Å². The van der Waals surface area contributed by atoms with Crippen LogP contribution in [0.25, 0.3) is 0 Å². The number of aryl methyl sites for hydroxylation is 1. The largest absolute Gasteiger partial charge is 0.468 e.